The van der Waals surface area contributed by atoms with Crippen molar-refractivity contribution in [1.29, 1.82) is 0 Å². The van der Waals surface area contributed by atoms with Crippen LogP contribution in [0.4, 0.5) is 0 Å². The first kappa shape index (κ1) is 23.1. The van der Waals surface area contributed by atoms with Gasteiger partial charge in [0.2, 0.25) is 17.7 Å². The molecule has 2 bridgehead atoms. The zero-order valence-corrected chi connectivity index (χ0v) is 19.9. The Morgan fingerprint density at radius 2 is 1.94 bits per heavy atom. The predicted octanol–water partition coefficient (Wildman–Crippen LogP) is 1.69. The maximum atomic E-state index is 13.7. The molecule has 6 atom stereocenters. The van der Waals surface area contributed by atoms with Gasteiger partial charge in [0.1, 0.15) is 6.04 Å². The lowest BCUT2D eigenvalue weighted by Gasteiger charge is -2.37. The Balaban J connectivity index is 1.63. The van der Waals surface area contributed by atoms with E-state index in [1.54, 1.807) is 23.6 Å². The molecule has 174 valence electrons. The van der Waals surface area contributed by atoms with Crippen LogP contribution >= 0.6 is 11.8 Å². The Hall–Kier alpha value is -2.06. The maximum absolute atomic E-state index is 13.7. The Bertz CT molecular complexity index is 902. The average Bonchev–Trinajstić information content (AvgIpc) is 3.38. The van der Waals surface area contributed by atoms with E-state index in [1.807, 2.05) is 51.1 Å². The summed E-state index contributed by atoms with van der Waals surface area (Å²) in [6.45, 7) is 7.68. The number of hydrogen-bond donors (Lipinski definition) is 3. The number of aliphatic hydroxyl groups excluding tert-OH is 1. The fraction of sp³-hybridized carbons (Fsp3) is 0.625. The molecule has 0 saturated carbocycles. The molecule has 3 amide bonds. The summed E-state index contributed by atoms with van der Waals surface area (Å²) in [7, 11) is 0. The van der Waals surface area contributed by atoms with Crippen molar-refractivity contribution in [3.05, 3.63) is 35.9 Å². The van der Waals surface area contributed by atoms with Crippen LogP contribution in [0.15, 0.2) is 30.3 Å². The fourth-order valence-corrected chi connectivity index (χ4v) is 7.80. The first-order valence-corrected chi connectivity index (χ1v) is 12.2. The number of carbonyl (C=O) groups excluding carboxylic acids is 3. The zero-order chi connectivity index (χ0) is 23.3. The molecule has 3 aliphatic rings. The number of amides is 3. The molecule has 8 heteroatoms. The molecule has 3 heterocycles. The van der Waals surface area contributed by atoms with E-state index in [2.05, 4.69) is 10.6 Å². The number of hydrogen-bond acceptors (Lipinski definition) is 5. The molecule has 3 aliphatic heterocycles. The molecule has 32 heavy (non-hydrogen) atoms. The molecule has 4 rings (SSSR count). The highest BCUT2D eigenvalue weighted by Gasteiger charge is 2.74. The van der Waals surface area contributed by atoms with Crippen LogP contribution in [0.5, 0.6) is 0 Å². The van der Waals surface area contributed by atoms with Crippen molar-refractivity contribution in [2.75, 3.05) is 6.61 Å². The predicted molar refractivity (Wildman–Crippen MR) is 124 cm³/mol. The smallest absolute Gasteiger partial charge is 0.244 e. The molecule has 0 aliphatic carbocycles. The summed E-state index contributed by atoms with van der Waals surface area (Å²) in [5, 5.41) is 15.9. The third kappa shape index (κ3) is 3.81. The van der Waals surface area contributed by atoms with Crippen molar-refractivity contribution in [3.8, 4) is 0 Å². The lowest BCUT2D eigenvalue weighted by atomic mass is 9.70. The van der Waals surface area contributed by atoms with E-state index in [-0.39, 0.29) is 29.6 Å². The topological polar surface area (TPSA) is 98.7 Å². The zero-order valence-electron chi connectivity index (χ0n) is 19.1. The van der Waals surface area contributed by atoms with Crippen LogP contribution in [0.3, 0.4) is 0 Å². The Labute approximate surface area is 193 Å². The van der Waals surface area contributed by atoms with Crippen LogP contribution in [0.25, 0.3) is 0 Å². The number of nitrogens with zero attached hydrogens (tertiary/aromatic N) is 1. The second-order valence-electron chi connectivity index (χ2n) is 10.3. The third-order valence-corrected chi connectivity index (χ3v) is 8.79. The van der Waals surface area contributed by atoms with Crippen LogP contribution in [0.1, 0.15) is 46.1 Å². The molecular formula is C24H33N3O4S. The van der Waals surface area contributed by atoms with E-state index in [4.69, 9.17) is 0 Å². The summed E-state index contributed by atoms with van der Waals surface area (Å²) < 4.78 is -0.630. The molecule has 2 unspecified atom stereocenters. The number of likely N-dealkylation sites (tertiary alicyclic amines) is 1. The molecule has 3 fully saturated rings. The molecule has 1 spiro atoms. The van der Waals surface area contributed by atoms with Crippen LogP contribution in [0.2, 0.25) is 0 Å². The summed E-state index contributed by atoms with van der Waals surface area (Å²) in [4.78, 5) is 42.0. The highest BCUT2D eigenvalue weighted by Crippen LogP contribution is 2.66. The van der Waals surface area contributed by atoms with E-state index in [1.165, 1.54) is 0 Å². The van der Waals surface area contributed by atoms with Crippen LogP contribution in [-0.2, 0) is 20.9 Å². The minimum Gasteiger partial charge on any atom is -0.394 e. The Morgan fingerprint density at radius 3 is 2.56 bits per heavy atom. The van der Waals surface area contributed by atoms with Gasteiger partial charge < -0.3 is 20.6 Å². The van der Waals surface area contributed by atoms with Gasteiger partial charge in [-0.2, -0.15) is 0 Å². The van der Waals surface area contributed by atoms with Crippen molar-refractivity contribution in [1.82, 2.24) is 15.5 Å². The second-order valence-corrected chi connectivity index (χ2v) is 11.9. The van der Waals surface area contributed by atoms with Gasteiger partial charge in [0.05, 0.1) is 29.2 Å². The third-order valence-electron chi connectivity index (χ3n) is 6.84. The molecule has 0 aromatic heterocycles. The van der Waals surface area contributed by atoms with E-state index < -0.39 is 34.2 Å². The van der Waals surface area contributed by atoms with E-state index >= 15 is 0 Å². The highest BCUT2D eigenvalue weighted by atomic mass is 32.2. The summed E-state index contributed by atoms with van der Waals surface area (Å²) >= 11 is 1.64. The summed E-state index contributed by atoms with van der Waals surface area (Å²) in [5.74, 6) is -1.53. The van der Waals surface area contributed by atoms with E-state index in [0.29, 0.717) is 6.54 Å². The van der Waals surface area contributed by atoms with E-state index in [9.17, 15) is 19.5 Å². The minimum atomic E-state index is -0.691. The van der Waals surface area contributed by atoms with Gasteiger partial charge in [0.25, 0.3) is 0 Å². The maximum Gasteiger partial charge on any atom is 0.244 e. The number of nitrogens with one attached hydrogen (secondary N) is 2. The van der Waals surface area contributed by atoms with Gasteiger partial charge in [0.15, 0.2) is 0 Å². The van der Waals surface area contributed by atoms with Gasteiger partial charge in [-0.25, -0.2) is 0 Å². The minimum absolute atomic E-state index is 0.0243. The molecule has 3 N–H and O–H groups in total. The lowest BCUT2D eigenvalue weighted by Crippen LogP contribution is -2.58. The first-order chi connectivity index (χ1) is 15.1. The molecule has 3 saturated heterocycles. The van der Waals surface area contributed by atoms with Crippen LogP contribution in [-0.4, -0.2) is 62.0 Å². The number of rotatable bonds is 6. The van der Waals surface area contributed by atoms with Crippen LogP contribution in [0, 0.1) is 11.8 Å². The number of fused-ring (bicyclic) bond motifs is 1. The van der Waals surface area contributed by atoms with Crippen molar-refractivity contribution in [2.45, 2.75) is 74.7 Å². The number of thioether (sulfide) groups is 1. The summed E-state index contributed by atoms with van der Waals surface area (Å²) in [6.07, 6.45) is 1.52. The van der Waals surface area contributed by atoms with Gasteiger partial charge in [-0.05, 0) is 46.1 Å². The second kappa shape index (κ2) is 8.37. The number of carbonyl (C=O) groups is 3. The van der Waals surface area contributed by atoms with Gasteiger partial charge in [-0.1, -0.05) is 30.3 Å². The number of aliphatic hydroxyl groups is 1. The molecular weight excluding hydrogens is 426 g/mol. The largest absolute Gasteiger partial charge is 0.394 e. The molecule has 0 radical (unpaired) electrons. The quantitative estimate of drug-likeness (QED) is 0.601. The molecule has 1 aromatic carbocycles. The lowest BCUT2D eigenvalue weighted by molar-refractivity contribution is -0.142. The standard InChI is InChI=1S/C24H33N3O4S/c1-14(13-28)27-19(21(30)26-23(2,3)4)24-11-10-16(32-24)17(18(24)22(27)31)20(29)25-12-15-8-6-5-7-9-15/h5-9,14,16-19,28H,10-13H2,1-4H3,(H,25,29)(H,26,30)/t14-,16-,17+,18+,19?,24?/m1/s1. The van der Waals surface area contributed by atoms with Crippen molar-refractivity contribution in [3.63, 3.8) is 0 Å². The van der Waals surface area contributed by atoms with Gasteiger partial charge in [0, 0.05) is 17.3 Å². The van der Waals surface area contributed by atoms with Gasteiger partial charge >= 0.3 is 0 Å². The average molecular weight is 460 g/mol. The van der Waals surface area contributed by atoms with E-state index in [0.717, 1.165) is 18.4 Å². The normalized spacial score (nSPS) is 32.0. The highest BCUT2D eigenvalue weighted by molar-refractivity contribution is 8.02. The van der Waals surface area contributed by atoms with Gasteiger partial charge in [-0.3, -0.25) is 14.4 Å². The number of benzene rings is 1. The monoisotopic (exact) mass is 459 g/mol. The first-order valence-electron chi connectivity index (χ1n) is 11.3. The summed E-state index contributed by atoms with van der Waals surface area (Å²) in [5.41, 5.74) is 0.554. The summed E-state index contributed by atoms with van der Waals surface area (Å²) in [6, 6.07) is 8.51. The van der Waals surface area contributed by atoms with Crippen molar-refractivity contribution in [2.24, 2.45) is 11.8 Å². The molecule has 7 nitrogen and oxygen atoms in total. The fourth-order valence-electron chi connectivity index (χ4n) is 5.59. The van der Waals surface area contributed by atoms with Crippen LogP contribution < -0.4 is 10.6 Å². The van der Waals surface area contributed by atoms with Crippen molar-refractivity contribution < 1.29 is 19.5 Å². The van der Waals surface area contributed by atoms with Gasteiger partial charge in [-0.15, -0.1) is 11.8 Å². The Kier molecular flexibility index (Phi) is 6.05. The SMILES string of the molecule is C[C@H](CO)N1C(=O)[C@@H]2[C@@H](C(=O)NCc3ccccc3)[C@H]3CCC2(S3)C1C(=O)NC(C)(C)C. The molecule has 1 aromatic rings. The van der Waals surface area contributed by atoms with Crippen molar-refractivity contribution >= 4 is 29.5 Å². The Morgan fingerprint density at radius 1 is 1.25 bits per heavy atom.